The van der Waals surface area contributed by atoms with E-state index in [0.717, 1.165) is 22.9 Å². The Morgan fingerprint density at radius 1 is 1.48 bits per heavy atom. The van der Waals surface area contributed by atoms with Gasteiger partial charge in [-0.1, -0.05) is 17.8 Å². The number of carboxylic acid groups (broad SMARTS) is 1. The summed E-state index contributed by atoms with van der Waals surface area (Å²) in [7, 11) is -3.13. The van der Waals surface area contributed by atoms with Gasteiger partial charge < -0.3 is 9.67 Å². The van der Waals surface area contributed by atoms with Gasteiger partial charge in [0.1, 0.15) is 9.84 Å². The molecule has 2 aromatic rings. The molecule has 0 spiro atoms. The minimum Gasteiger partial charge on any atom is -0.481 e. The second-order valence-electron chi connectivity index (χ2n) is 4.25. The SMILES string of the molecule is CS(=O)(=O)CCn1c(SCC(=O)O)nnc1-c1cccs1. The summed E-state index contributed by atoms with van der Waals surface area (Å²) in [5, 5.41) is 19.1. The van der Waals surface area contributed by atoms with Gasteiger partial charge in [0, 0.05) is 12.8 Å². The van der Waals surface area contributed by atoms with E-state index in [4.69, 9.17) is 5.11 Å². The van der Waals surface area contributed by atoms with Crippen molar-refractivity contribution in [3.8, 4) is 10.7 Å². The van der Waals surface area contributed by atoms with Crippen LogP contribution in [0.3, 0.4) is 0 Å². The van der Waals surface area contributed by atoms with Crippen molar-refractivity contribution in [1.29, 1.82) is 0 Å². The van der Waals surface area contributed by atoms with E-state index >= 15 is 0 Å². The van der Waals surface area contributed by atoms with Gasteiger partial charge in [-0.15, -0.1) is 21.5 Å². The first-order valence-corrected chi connectivity index (χ1v) is 9.79. The van der Waals surface area contributed by atoms with Crippen LogP contribution in [0.1, 0.15) is 0 Å². The molecule has 0 atom stereocenters. The van der Waals surface area contributed by atoms with Crippen LogP contribution < -0.4 is 0 Å². The quantitative estimate of drug-likeness (QED) is 0.751. The Hall–Kier alpha value is -1.39. The van der Waals surface area contributed by atoms with E-state index in [0.29, 0.717) is 11.0 Å². The molecule has 2 rings (SSSR count). The molecule has 0 aliphatic carbocycles. The van der Waals surface area contributed by atoms with Gasteiger partial charge in [0.25, 0.3) is 0 Å². The average Bonchev–Trinajstić information content (AvgIpc) is 3.01. The van der Waals surface area contributed by atoms with Crippen molar-refractivity contribution >= 4 is 38.9 Å². The summed E-state index contributed by atoms with van der Waals surface area (Å²) < 4.78 is 24.4. The van der Waals surface area contributed by atoms with Crippen LogP contribution in [0, 0.1) is 0 Å². The number of carbonyl (C=O) groups is 1. The Morgan fingerprint density at radius 3 is 2.81 bits per heavy atom. The highest BCUT2D eigenvalue weighted by molar-refractivity contribution is 7.99. The Labute approximate surface area is 129 Å². The van der Waals surface area contributed by atoms with Gasteiger partial charge in [0.2, 0.25) is 0 Å². The lowest BCUT2D eigenvalue weighted by Crippen LogP contribution is -2.13. The molecule has 2 aromatic heterocycles. The molecule has 114 valence electrons. The standard InChI is InChI=1S/C11H13N3O4S3/c1-21(17,18)6-4-14-10(8-3-2-5-19-8)12-13-11(14)20-7-9(15)16/h2-3,5H,4,6-7H2,1H3,(H,15,16). The van der Waals surface area contributed by atoms with Gasteiger partial charge in [0.15, 0.2) is 11.0 Å². The molecule has 0 aliphatic heterocycles. The first-order valence-electron chi connectivity index (χ1n) is 5.86. The minimum atomic E-state index is -3.13. The first kappa shape index (κ1) is 16.0. The third-order valence-corrected chi connectivity index (χ3v) is 5.21. The van der Waals surface area contributed by atoms with Crippen molar-refractivity contribution in [2.24, 2.45) is 0 Å². The molecule has 0 saturated carbocycles. The van der Waals surface area contributed by atoms with E-state index in [1.54, 1.807) is 4.57 Å². The Kier molecular flexibility index (Phi) is 5.01. The van der Waals surface area contributed by atoms with E-state index in [1.165, 1.54) is 11.3 Å². The maximum atomic E-state index is 11.3. The Morgan fingerprint density at radius 2 is 2.24 bits per heavy atom. The molecule has 21 heavy (non-hydrogen) atoms. The third kappa shape index (κ3) is 4.55. The van der Waals surface area contributed by atoms with Crippen LogP contribution in [0.25, 0.3) is 10.7 Å². The van der Waals surface area contributed by atoms with E-state index in [9.17, 15) is 13.2 Å². The highest BCUT2D eigenvalue weighted by Crippen LogP contribution is 2.27. The predicted molar refractivity (Wildman–Crippen MR) is 81.4 cm³/mol. The highest BCUT2D eigenvalue weighted by Gasteiger charge is 2.17. The number of thiophene rings is 1. The van der Waals surface area contributed by atoms with Crippen molar-refractivity contribution < 1.29 is 18.3 Å². The summed E-state index contributed by atoms with van der Waals surface area (Å²) in [4.78, 5) is 11.5. The molecule has 0 unspecified atom stereocenters. The number of thioether (sulfide) groups is 1. The molecule has 0 saturated heterocycles. The zero-order valence-electron chi connectivity index (χ0n) is 11.1. The summed E-state index contributed by atoms with van der Waals surface area (Å²) in [6.07, 6.45) is 1.16. The number of carboxylic acids is 1. The van der Waals surface area contributed by atoms with Gasteiger partial charge in [-0.3, -0.25) is 4.79 Å². The molecule has 1 N–H and O–H groups in total. The molecular weight excluding hydrogens is 334 g/mol. The largest absolute Gasteiger partial charge is 0.481 e. The van der Waals surface area contributed by atoms with Crippen molar-refractivity contribution in [3.63, 3.8) is 0 Å². The molecule has 0 aliphatic rings. The number of sulfone groups is 1. The van der Waals surface area contributed by atoms with E-state index in [-0.39, 0.29) is 18.1 Å². The van der Waals surface area contributed by atoms with Crippen LogP contribution in [0.5, 0.6) is 0 Å². The summed E-state index contributed by atoms with van der Waals surface area (Å²) in [6, 6.07) is 3.72. The van der Waals surface area contributed by atoms with Crippen LogP contribution in [-0.4, -0.2) is 52.0 Å². The normalized spacial score (nSPS) is 11.7. The fourth-order valence-corrected chi connectivity index (χ4v) is 3.48. The molecule has 0 fully saturated rings. The lowest BCUT2D eigenvalue weighted by molar-refractivity contribution is -0.133. The van der Waals surface area contributed by atoms with Gasteiger partial charge in [-0.25, -0.2) is 8.42 Å². The Balaban J connectivity index is 2.30. The highest BCUT2D eigenvalue weighted by atomic mass is 32.2. The summed E-state index contributed by atoms with van der Waals surface area (Å²) in [5.41, 5.74) is 0. The lowest BCUT2D eigenvalue weighted by atomic mass is 10.4. The fraction of sp³-hybridized carbons (Fsp3) is 0.364. The number of nitrogens with zero attached hydrogens (tertiary/aromatic N) is 3. The maximum absolute atomic E-state index is 11.3. The molecule has 0 aromatic carbocycles. The van der Waals surface area contributed by atoms with Crippen LogP contribution in [0.4, 0.5) is 0 Å². The molecule has 2 heterocycles. The Bertz CT molecular complexity index is 722. The van der Waals surface area contributed by atoms with Crippen LogP contribution >= 0.6 is 23.1 Å². The van der Waals surface area contributed by atoms with E-state index in [1.807, 2.05) is 17.5 Å². The number of hydrogen-bond donors (Lipinski definition) is 1. The number of rotatable bonds is 7. The second-order valence-corrected chi connectivity index (χ2v) is 8.40. The monoisotopic (exact) mass is 347 g/mol. The molecule has 0 amide bonds. The minimum absolute atomic E-state index is 0.0515. The van der Waals surface area contributed by atoms with E-state index < -0.39 is 15.8 Å². The smallest absolute Gasteiger partial charge is 0.313 e. The number of aliphatic carboxylic acids is 1. The summed E-state index contributed by atoms with van der Waals surface area (Å²) in [6.45, 7) is 0.195. The number of hydrogen-bond acceptors (Lipinski definition) is 7. The third-order valence-electron chi connectivity index (χ3n) is 2.47. The van der Waals surface area contributed by atoms with E-state index in [2.05, 4.69) is 10.2 Å². The van der Waals surface area contributed by atoms with Gasteiger partial charge >= 0.3 is 5.97 Å². The molecular formula is C11H13N3O4S3. The molecule has 7 nitrogen and oxygen atoms in total. The lowest BCUT2D eigenvalue weighted by Gasteiger charge is -2.07. The first-order chi connectivity index (χ1) is 9.87. The number of aromatic nitrogens is 3. The second kappa shape index (κ2) is 6.58. The molecule has 0 radical (unpaired) electrons. The fourth-order valence-electron chi connectivity index (χ4n) is 1.57. The van der Waals surface area contributed by atoms with Crippen LogP contribution in [0.15, 0.2) is 22.7 Å². The summed E-state index contributed by atoms with van der Waals surface area (Å²) in [5.74, 6) is -0.609. The average molecular weight is 347 g/mol. The van der Waals surface area contributed by atoms with Gasteiger partial charge in [0.05, 0.1) is 16.4 Å². The van der Waals surface area contributed by atoms with Crippen molar-refractivity contribution in [3.05, 3.63) is 17.5 Å². The topological polar surface area (TPSA) is 102 Å². The summed E-state index contributed by atoms with van der Waals surface area (Å²) >= 11 is 2.49. The molecule has 0 bridgehead atoms. The zero-order chi connectivity index (χ0) is 15.5. The maximum Gasteiger partial charge on any atom is 0.313 e. The van der Waals surface area contributed by atoms with Crippen molar-refractivity contribution in [1.82, 2.24) is 14.8 Å². The zero-order valence-corrected chi connectivity index (χ0v) is 13.5. The van der Waals surface area contributed by atoms with Crippen molar-refractivity contribution in [2.75, 3.05) is 17.8 Å². The van der Waals surface area contributed by atoms with Crippen LogP contribution in [-0.2, 0) is 21.2 Å². The van der Waals surface area contributed by atoms with Crippen molar-refractivity contribution in [2.45, 2.75) is 11.7 Å². The van der Waals surface area contributed by atoms with Gasteiger partial charge in [-0.05, 0) is 11.4 Å². The van der Waals surface area contributed by atoms with Crippen LogP contribution in [0.2, 0.25) is 0 Å². The van der Waals surface area contributed by atoms with Gasteiger partial charge in [-0.2, -0.15) is 0 Å². The predicted octanol–water partition coefficient (Wildman–Crippen LogP) is 1.23. The molecule has 10 heteroatoms.